The molecule has 0 aromatic carbocycles. The Hall–Kier alpha value is -3.18. The maximum absolute atomic E-state index is 12.2. The third-order valence-corrected chi connectivity index (χ3v) is 8.64. The van der Waals surface area contributed by atoms with Gasteiger partial charge in [0.25, 0.3) is 0 Å². The largest absolute Gasteiger partial charge is 0.462 e. The van der Waals surface area contributed by atoms with Crippen LogP contribution in [0.25, 0.3) is 0 Å². The second-order valence-electron chi connectivity index (χ2n) is 13.7. The smallest absolute Gasteiger partial charge is 0.306 e. The molecule has 300 valence electrons. The Labute approximate surface area is 326 Å². The van der Waals surface area contributed by atoms with Crippen LogP contribution in [0.4, 0.5) is 0 Å². The molecule has 53 heavy (non-hydrogen) atoms. The van der Waals surface area contributed by atoms with Gasteiger partial charge in [-0.25, -0.2) is 0 Å². The van der Waals surface area contributed by atoms with Crippen molar-refractivity contribution in [2.45, 2.75) is 180 Å². The van der Waals surface area contributed by atoms with E-state index >= 15 is 0 Å². The summed E-state index contributed by atoms with van der Waals surface area (Å²) < 4.78 is 10.6. The minimum atomic E-state index is -0.788. The van der Waals surface area contributed by atoms with Gasteiger partial charge in [-0.3, -0.25) is 9.59 Å². The fourth-order valence-electron chi connectivity index (χ4n) is 5.45. The lowest BCUT2D eigenvalue weighted by Crippen LogP contribution is -2.28. The number of hydrogen-bond acceptors (Lipinski definition) is 5. The van der Waals surface area contributed by atoms with E-state index in [9.17, 15) is 14.7 Å². The second kappa shape index (κ2) is 43.2. The third kappa shape index (κ3) is 41.4. The lowest BCUT2D eigenvalue weighted by Gasteiger charge is -2.15. The molecule has 0 aliphatic heterocycles. The van der Waals surface area contributed by atoms with Crippen LogP contribution in [-0.4, -0.2) is 36.4 Å². The molecule has 0 spiro atoms. The van der Waals surface area contributed by atoms with E-state index in [1.54, 1.807) is 0 Å². The molecule has 0 aliphatic carbocycles. The summed E-state index contributed by atoms with van der Waals surface area (Å²) in [5.41, 5.74) is 0. The van der Waals surface area contributed by atoms with Crippen molar-refractivity contribution in [1.29, 1.82) is 0 Å². The first kappa shape index (κ1) is 49.8. The molecule has 0 rings (SSSR count). The highest BCUT2D eigenvalue weighted by Gasteiger charge is 2.16. The average molecular weight is 735 g/mol. The van der Waals surface area contributed by atoms with Crippen LogP contribution in [-0.2, 0) is 19.1 Å². The van der Waals surface area contributed by atoms with Crippen molar-refractivity contribution in [1.82, 2.24) is 0 Å². The van der Waals surface area contributed by atoms with Gasteiger partial charge in [-0.1, -0.05) is 182 Å². The molecule has 0 aliphatic rings. The minimum Gasteiger partial charge on any atom is -0.462 e. The monoisotopic (exact) mass is 735 g/mol. The molecule has 5 nitrogen and oxygen atoms in total. The fraction of sp³-hybridized carbons (Fsp3) is 0.625. The Kier molecular flexibility index (Phi) is 40.6. The molecule has 0 saturated heterocycles. The summed E-state index contributed by atoms with van der Waals surface area (Å²) in [6, 6.07) is 0. The predicted molar refractivity (Wildman–Crippen MR) is 228 cm³/mol. The Morgan fingerprint density at radius 3 is 1.23 bits per heavy atom. The molecule has 1 unspecified atom stereocenters. The SMILES string of the molecule is CC/C=C\C/C=C\C/C=C\C/C=C\C/C=C\C/C=C\C/C=C\C/C=C\CCCCCCC(=O)OC(CO)COC(=O)CCCCCCCCCCCC. The molecule has 0 fully saturated rings. The van der Waals surface area contributed by atoms with Gasteiger partial charge in [0.2, 0.25) is 0 Å². The Morgan fingerprint density at radius 1 is 0.453 bits per heavy atom. The number of ether oxygens (including phenoxy) is 2. The first-order valence-electron chi connectivity index (χ1n) is 21.3. The van der Waals surface area contributed by atoms with Crippen molar-refractivity contribution in [3.63, 3.8) is 0 Å². The second-order valence-corrected chi connectivity index (χ2v) is 13.7. The lowest BCUT2D eigenvalue weighted by molar-refractivity contribution is -0.161. The Bertz CT molecular complexity index is 1060. The van der Waals surface area contributed by atoms with Crippen molar-refractivity contribution in [3.05, 3.63) is 97.2 Å². The highest BCUT2D eigenvalue weighted by atomic mass is 16.6. The van der Waals surface area contributed by atoms with Crippen molar-refractivity contribution < 1.29 is 24.2 Å². The van der Waals surface area contributed by atoms with Gasteiger partial charge >= 0.3 is 11.9 Å². The molecule has 0 aromatic rings. The van der Waals surface area contributed by atoms with E-state index in [-0.39, 0.29) is 25.2 Å². The topological polar surface area (TPSA) is 72.8 Å². The molecule has 1 atom stereocenters. The van der Waals surface area contributed by atoms with Crippen LogP contribution in [0.2, 0.25) is 0 Å². The zero-order valence-corrected chi connectivity index (χ0v) is 34.0. The van der Waals surface area contributed by atoms with Gasteiger partial charge in [-0.05, 0) is 77.0 Å². The zero-order valence-electron chi connectivity index (χ0n) is 34.0. The van der Waals surface area contributed by atoms with E-state index in [1.165, 1.54) is 44.9 Å². The number of allylic oxidation sites excluding steroid dienone is 16. The highest BCUT2D eigenvalue weighted by molar-refractivity contribution is 5.70. The van der Waals surface area contributed by atoms with E-state index < -0.39 is 6.10 Å². The third-order valence-electron chi connectivity index (χ3n) is 8.64. The first-order valence-corrected chi connectivity index (χ1v) is 21.3. The molecule has 0 saturated carbocycles. The average Bonchev–Trinajstić information content (AvgIpc) is 3.16. The standard InChI is InChI=1S/C48H78O5/c1-3-5-7-9-11-13-15-16-17-18-19-20-21-22-23-24-25-26-27-28-29-30-31-32-33-35-37-39-41-43-48(51)53-46(44-49)45-52-47(50)42-40-38-36-34-14-12-10-8-6-4-2/h5,7,11,13,16-17,19-20,22-23,25-26,28-29,31-32,46,49H,3-4,6,8-10,12,14-15,18,21,24,27,30,33-45H2,1-2H3/b7-5-,13-11-,17-16-,20-19-,23-22-,26-25-,29-28-,32-31-. The number of carbonyl (C=O) groups is 2. The number of aliphatic hydroxyl groups is 1. The number of unbranched alkanes of at least 4 members (excludes halogenated alkanes) is 13. The summed E-state index contributed by atoms with van der Waals surface area (Å²) in [6.07, 6.45) is 60.5. The number of hydrogen-bond donors (Lipinski definition) is 1. The van der Waals surface area contributed by atoms with Crippen LogP contribution in [0.3, 0.4) is 0 Å². The van der Waals surface area contributed by atoms with Gasteiger partial charge < -0.3 is 14.6 Å². The first-order chi connectivity index (χ1) is 26.1. The summed E-state index contributed by atoms with van der Waals surface area (Å²) in [4.78, 5) is 24.2. The van der Waals surface area contributed by atoms with Crippen LogP contribution in [0.15, 0.2) is 97.2 Å². The number of carbonyl (C=O) groups excluding carboxylic acids is 2. The van der Waals surface area contributed by atoms with E-state index in [1.807, 2.05) is 0 Å². The van der Waals surface area contributed by atoms with Crippen molar-refractivity contribution >= 4 is 11.9 Å². The summed E-state index contributed by atoms with van der Waals surface area (Å²) in [5, 5.41) is 9.54. The molecular weight excluding hydrogens is 657 g/mol. The Balaban J connectivity index is 3.67. The maximum atomic E-state index is 12.2. The molecule has 5 heteroatoms. The van der Waals surface area contributed by atoms with Gasteiger partial charge in [-0.15, -0.1) is 0 Å². The van der Waals surface area contributed by atoms with Crippen LogP contribution >= 0.6 is 0 Å². The van der Waals surface area contributed by atoms with Crippen molar-refractivity contribution in [2.24, 2.45) is 0 Å². The molecule has 0 radical (unpaired) electrons. The number of rotatable bonds is 37. The zero-order chi connectivity index (χ0) is 38.6. The van der Waals surface area contributed by atoms with E-state index in [0.29, 0.717) is 12.8 Å². The van der Waals surface area contributed by atoms with Crippen molar-refractivity contribution in [2.75, 3.05) is 13.2 Å². The van der Waals surface area contributed by atoms with Gasteiger partial charge in [-0.2, -0.15) is 0 Å². The molecule has 0 heterocycles. The van der Waals surface area contributed by atoms with Crippen molar-refractivity contribution in [3.8, 4) is 0 Å². The van der Waals surface area contributed by atoms with Gasteiger partial charge in [0, 0.05) is 12.8 Å². The van der Waals surface area contributed by atoms with E-state index in [0.717, 1.165) is 103 Å². The quantitative estimate of drug-likeness (QED) is 0.0391. The molecule has 0 aromatic heterocycles. The maximum Gasteiger partial charge on any atom is 0.306 e. The molecule has 0 amide bonds. The lowest BCUT2D eigenvalue weighted by atomic mass is 10.1. The van der Waals surface area contributed by atoms with Gasteiger partial charge in [0.05, 0.1) is 6.61 Å². The summed E-state index contributed by atoms with van der Waals surface area (Å²) in [5.74, 6) is -0.629. The molecule has 1 N–H and O–H groups in total. The minimum absolute atomic E-state index is 0.0805. The van der Waals surface area contributed by atoms with Crippen LogP contribution < -0.4 is 0 Å². The van der Waals surface area contributed by atoms with Crippen LogP contribution in [0.5, 0.6) is 0 Å². The summed E-state index contributed by atoms with van der Waals surface area (Å²) in [7, 11) is 0. The summed E-state index contributed by atoms with van der Waals surface area (Å²) >= 11 is 0. The molecule has 0 bridgehead atoms. The van der Waals surface area contributed by atoms with Crippen LogP contribution in [0, 0.1) is 0 Å². The number of aliphatic hydroxyl groups excluding tert-OH is 1. The molecular formula is C48H78O5. The normalized spacial score (nSPS) is 13.2. The van der Waals surface area contributed by atoms with E-state index in [2.05, 4.69) is 111 Å². The number of esters is 2. The Morgan fingerprint density at radius 2 is 0.811 bits per heavy atom. The van der Waals surface area contributed by atoms with Gasteiger partial charge in [0.1, 0.15) is 6.61 Å². The van der Waals surface area contributed by atoms with Crippen LogP contribution in [0.1, 0.15) is 174 Å². The van der Waals surface area contributed by atoms with Gasteiger partial charge in [0.15, 0.2) is 6.10 Å². The van der Waals surface area contributed by atoms with E-state index in [4.69, 9.17) is 9.47 Å². The predicted octanol–water partition coefficient (Wildman–Crippen LogP) is 13.7. The summed E-state index contributed by atoms with van der Waals surface area (Å²) in [6.45, 7) is 3.97. The fourth-order valence-corrected chi connectivity index (χ4v) is 5.45. The highest BCUT2D eigenvalue weighted by Crippen LogP contribution is 2.12.